The van der Waals surface area contributed by atoms with Crippen molar-refractivity contribution in [1.82, 2.24) is 0 Å². The van der Waals surface area contributed by atoms with Crippen LogP contribution < -0.4 is 0 Å². The fraction of sp³-hybridized carbons (Fsp3) is 0.500. The van der Waals surface area contributed by atoms with Crippen LogP contribution in [0.4, 0.5) is 0 Å². The van der Waals surface area contributed by atoms with Gasteiger partial charge in [0.05, 0.1) is 4.48 Å². The molecule has 1 atom stereocenters. The molecule has 1 heterocycles. The van der Waals surface area contributed by atoms with Crippen LogP contribution >= 0.6 is 50.7 Å². The molecule has 1 rings (SSSR count). The Hall–Kier alpha value is 0.560. The topological polar surface area (TPSA) is 26.3 Å². The predicted octanol–water partition coefficient (Wildman–Crippen LogP) is 2.95. The summed E-state index contributed by atoms with van der Waals surface area (Å²) in [6.07, 6.45) is -0.824. The average molecular weight is 294 g/mol. The minimum absolute atomic E-state index is 0.436. The standard InChI is InChI=1S/C6H4BrCl3O2/c1-2-3(7)4(6(8,9)10)12-5(2)11/h4H,1H3. The van der Waals surface area contributed by atoms with Crippen molar-refractivity contribution in [1.29, 1.82) is 0 Å². The van der Waals surface area contributed by atoms with Gasteiger partial charge in [0.15, 0.2) is 6.10 Å². The maximum absolute atomic E-state index is 11.0. The normalized spacial score (nSPS) is 24.8. The lowest BCUT2D eigenvalue weighted by molar-refractivity contribution is -0.139. The monoisotopic (exact) mass is 292 g/mol. The maximum atomic E-state index is 11.0. The van der Waals surface area contributed by atoms with Crippen LogP contribution in [0.2, 0.25) is 0 Å². The van der Waals surface area contributed by atoms with Crippen LogP contribution in [0.15, 0.2) is 10.1 Å². The quantitative estimate of drug-likeness (QED) is 0.507. The SMILES string of the molecule is CC1=C(Br)C(C(Cl)(Cl)Cl)OC1=O. The van der Waals surface area contributed by atoms with E-state index in [9.17, 15) is 4.79 Å². The number of alkyl halides is 3. The lowest BCUT2D eigenvalue weighted by Crippen LogP contribution is -2.26. The number of carbonyl (C=O) groups excluding carboxylic acids is 1. The third-order valence-corrected chi connectivity index (χ3v) is 3.02. The molecule has 1 aliphatic rings. The number of ether oxygens (including phenoxy) is 1. The largest absolute Gasteiger partial charge is 0.449 e. The molecular formula is C6H4BrCl3O2. The number of hydrogen-bond donors (Lipinski definition) is 0. The van der Waals surface area contributed by atoms with Gasteiger partial charge in [-0.05, 0) is 6.92 Å². The van der Waals surface area contributed by atoms with E-state index in [1.54, 1.807) is 6.92 Å². The number of halogens is 4. The Labute approximate surface area is 92.9 Å². The van der Waals surface area contributed by atoms with Crippen LogP contribution in [0.1, 0.15) is 6.92 Å². The fourth-order valence-corrected chi connectivity index (χ4v) is 2.21. The molecule has 1 aliphatic heterocycles. The lowest BCUT2D eigenvalue weighted by Gasteiger charge is -2.18. The molecular weight excluding hydrogens is 290 g/mol. The Balaban J connectivity index is 2.95. The summed E-state index contributed by atoms with van der Waals surface area (Å²) < 4.78 is 3.67. The first-order valence-electron chi connectivity index (χ1n) is 2.98. The van der Waals surface area contributed by atoms with E-state index in [0.29, 0.717) is 10.1 Å². The van der Waals surface area contributed by atoms with E-state index in [1.807, 2.05) is 0 Å². The van der Waals surface area contributed by atoms with Gasteiger partial charge in [0.1, 0.15) is 0 Å². The van der Waals surface area contributed by atoms with E-state index in [1.165, 1.54) is 0 Å². The summed E-state index contributed by atoms with van der Waals surface area (Å²) in [4.78, 5) is 11.0. The third-order valence-electron chi connectivity index (χ3n) is 1.42. The minimum Gasteiger partial charge on any atom is -0.449 e. The molecule has 0 aromatic heterocycles. The van der Waals surface area contributed by atoms with Crippen molar-refractivity contribution in [3.05, 3.63) is 10.1 Å². The molecule has 0 fully saturated rings. The zero-order valence-electron chi connectivity index (χ0n) is 5.91. The summed E-state index contributed by atoms with van der Waals surface area (Å²) in [5.41, 5.74) is 0.436. The Morgan fingerprint density at radius 3 is 2.17 bits per heavy atom. The molecule has 68 valence electrons. The first kappa shape index (κ1) is 10.6. The van der Waals surface area contributed by atoms with Crippen LogP contribution in [0.5, 0.6) is 0 Å². The summed E-state index contributed by atoms with van der Waals surface area (Å²) in [6, 6.07) is 0. The predicted molar refractivity (Wildman–Crippen MR) is 51.8 cm³/mol. The zero-order valence-corrected chi connectivity index (χ0v) is 9.76. The number of esters is 1. The number of cyclic esters (lactones) is 1. The van der Waals surface area contributed by atoms with Gasteiger partial charge >= 0.3 is 5.97 Å². The van der Waals surface area contributed by atoms with Crippen LogP contribution in [-0.2, 0) is 9.53 Å². The molecule has 2 nitrogen and oxygen atoms in total. The first-order chi connectivity index (χ1) is 5.34. The molecule has 0 amide bonds. The Kier molecular flexibility index (Phi) is 2.99. The summed E-state index contributed by atoms with van der Waals surface area (Å²) >= 11 is 19.8. The lowest BCUT2D eigenvalue weighted by atomic mass is 10.3. The second-order valence-electron chi connectivity index (χ2n) is 2.30. The summed E-state index contributed by atoms with van der Waals surface area (Å²) in [5.74, 6) is -0.460. The maximum Gasteiger partial charge on any atom is 0.335 e. The molecule has 0 bridgehead atoms. The van der Waals surface area contributed by atoms with Gasteiger partial charge < -0.3 is 4.74 Å². The molecule has 0 saturated carbocycles. The Morgan fingerprint density at radius 2 is 2.00 bits per heavy atom. The van der Waals surface area contributed by atoms with Gasteiger partial charge in [-0.3, -0.25) is 0 Å². The minimum atomic E-state index is -1.62. The summed E-state index contributed by atoms with van der Waals surface area (Å²) in [6.45, 7) is 1.60. The molecule has 0 radical (unpaired) electrons. The fourth-order valence-electron chi connectivity index (χ4n) is 0.752. The highest BCUT2D eigenvalue weighted by atomic mass is 79.9. The third kappa shape index (κ3) is 1.90. The number of carbonyl (C=O) groups is 1. The number of rotatable bonds is 0. The molecule has 12 heavy (non-hydrogen) atoms. The second kappa shape index (κ2) is 3.37. The molecule has 0 aliphatic carbocycles. The molecule has 6 heteroatoms. The van der Waals surface area contributed by atoms with Crippen LogP contribution in [-0.4, -0.2) is 15.9 Å². The highest BCUT2D eigenvalue weighted by Gasteiger charge is 2.43. The highest BCUT2D eigenvalue weighted by Crippen LogP contribution is 2.42. The van der Waals surface area contributed by atoms with E-state index >= 15 is 0 Å². The van der Waals surface area contributed by atoms with Crippen LogP contribution in [0, 0.1) is 0 Å². The van der Waals surface area contributed by atoms with Crippen LogP contribution in [0.25, 0.3) is 0 Å². The smallest absolute Gasteiger partial charge is 0.335 e. The molecule has 0 aromatic rings. The molecule has 0 aromatic carbocycles. The average Bonchev–Trinajstić information content (AvgIpc) is 2.15. The van der Waals surface area contributed by atoms with Gasteiger partial charge in [-0.2, -0.15) is 0 Å². The van der Waals surface area contributed by atoms with E-state index in [4.69, 9.17) is 39.5 Å². The van der Waals surface area contributed by atoms with Crippen molar-refractivity contribution in [2.75, 3.05) is 0 Å². The van der Waals surface area contributed by atoms with E-state index in [0.717, 1.165) is 0 Å². The Bertz CT molecular complexity index is 256. The summed E-state index contributed by atoms with van der Waals surface area (Å²) in [5, 5.41) is 0. The van der Waals surface area contributed by atoms with Crippen molar-refractivity contribution in [2.24, 2.45) is 0 Å². The summed E-state index contributed by atoms with van der Waals surface area (Å²) in [7, 11) is 0. The molecule has 0 spiro atoms. The molecule has 0 N–H and O–H groups in total. The van der Waals surface area contributed by atoms with E-state index in [2.05, 4.69) is 15.9 Å². The van der Waals surface area contributed by atoms with Gasteiger partial charge in [0, 0.05) is 5.57 Å². The van der Waals surface area contributed by atoms with Gasteiger partial charge in [-0.15, -0.1) is 0 Å². The first-order valence-corrected chi connectivity index (χ1v) is 4.90. The van der Waals surface area contributed by atoms with Crippen molar-refractivity contribution >= 4 is 56.7 Å². The van der Waals surface area contributed by atoms with E-state index in [-0.39, 0.29) is 0 Å². The number of hydrogen-bond acceptors (Lipinski definition) is 2. The van der Waals surface area contributed by atoms with Crippen molar-refractivity contribution in [3.63, 3.8) is 0 Å². The van der Waals surface area contributed by atoms with Gasteiger partial charge in [-0.25, -0.2) is 4.79 Å². The zero-order chi connectivity index (χ0) is 9.52. The highest BCUT2D eigenvalue weighted by molar-refractivity contribution is 9.11. The van der Waals surface area contributed by atoms with E-state index < -0.39 is 15.9 Å². The van der Waals surface area contributed by atoms with Crippen molar-refractivity contribution in [2.45, 2.75) is 16.8 Å². The van der Waals surface area contributed by atoms with Crippen LogP contribution in [0.3, 0.4) is 0 Å². The van der Waals surface area contributed by atoms with Gasteiger partial charge in [-0.1, -0.05) is 50.7 Å². The van der Waals surface area contributed by atoms with Crippen molar-refractivity contribution in [3.8, 4) is 0 Å². The Morgan fingerprint density at radius 1 is 1.50 bits per heavy atom. The second-order valence-corrected chi connectivity index (χ2v) is 5.52. The van der Waals surface area contributed by atoms with Gasteiger partial charge in [0.2, 0.25) is 3.79 Å². The van der Waals surface area contributed by atoms with Gasteiger partial charge in [0.25, 0.3) is 0 Å². The molecule has 1 unspecified atom stereocenters. The van der Waals surface area contributed by atoms with Crippen molar-refractivity contribution < 1.29 is 9.53 Å². The molecule has 0 saturated heterocycles.